The third kappa shape index (κ3) is 3.83. The zero-order chi connectivity index (χ0) is 19.7. The van der Waals surface area contributed by atoms with Gasteiger partial charge in [0.2, 0.25) is 0 Å². The number of Topliss-reactive ketones (excluding diaryl/α,β-unsaturated/α-hetero) is 1. The maximum atomic E-state index is 12.8. The molecule has 0 radical (unpaired) electrons. The molecule has 0 unspecified atom stereocenters. The molecule has 0 bridgehead atoms. The number of amides is 1. The maximum absolute atomic E-state index is 12.8. The van der Waals surface area contributed by atoms with Crippen molar-refractivity contribution in [1.82, 2.24) is 25.5 Å². The van der Waals surface area contributed by atoms with Crippen molar-refractivity contribution in [2.75, 3.05) is 6.54 Å². The minimum atomic E-state index is -0.304. The van der Waals surface area contributed by atoms with Crippen LogP contribution in [0.15, 0.2) is 34.9 Å². The summed E-state index contributed by atoms with van der Waals surface area (Å²) in [5.74, 6) is 0.324. The van der Waals surface area contributed by atoms with Crippen LogP contribution in [-0.2, 0) is 4.79 Å². The average molecular weight is 386 g/mol. The molecule has 1 aromatic heterocycles. The molecule has 140 valence electrons. The van der Waals surface area contributed by atoms with Crippen molar-refractivity contribution in [3.63, 3.8) is 0 Å². The Labute approximate surface area is 162 Å². The lowest BCUT2D eigenvalue weighted by molar-refractivity contribution is -0.115. The predicted molar refractivity (Wildman–Crippen MR) is 102 cm³/mol. The number of nitrogens with one attached hydrogen (secondary N) is 1. The second kappa shape index (κ2) is 7.44. The first-order valence-electron chi connectivity index (χ1n) is 8.51. The number of rotatable bonds is 4. The highest BCUT2D eigenvalue weighted by molar-refractivity contribution is 6.31. The summed E-state index contributed by atoms with van der Waals surface area (Å²) in [6.45, 7) is 7.56. The van der Waals surface area contributed by atoms with Crippen LogP contribution in [0.1, 0.15) is 42.0 Å². The maximum Gasteiger partial charge on any atom is 0.251 e. The fourth-order valence-electron chi connectivity index (χ4n) is 3.16. The van der Waals surface area contributed by atoms with E-state index in [0.717, 1.165) is 11.1 Å². The van der Waals surface area contributed by atoms with Gasteiger partial charge in [-0.15, -0.1) is 5.10 Å². The molecule has 1 aliphatic carbocycles. The van der Waals surface area contributed by atoms with Crippen LogP contribution in [-0.4, -0.2) is 38.4 Å². The summed E-state index contributed by atoms with van der Waals surface area (Å²) < 4.78 is 1.53. The Bertz CT molecular complexity index is 1000. The summed E-state index contributed by atoms with van der Waals surface area (Å²) in [7, 11) is 0. The SMILES string of the molecule is CC1=CC(C)=C(CNC(=O)c2cc(Cl)cc(-n3nnnc3C)c2C)C(=O)C1. The van der Waals surface area contributed by atoms with Crippen LogP contribution in [0.3, 0.4) is 0 Å². The number of hydrogen-bond acceptors (Lipinski definition) is 5. The Morgan fingerprint density at radius 3 is 2.63 bits per heavy atom. The van der Waals surface area contributed by atoms with E-state index >= 15 is 0 Å². The van der Waals surface area contributed by atoms with Gasteiger partial charge in [0.05, 0.1) is 5.69 Å². The lowest BCUT2D eigenvalue weighted by Crippen LogP contribution is -2.30. The van der Waals surface area contributed by atoms with Gasteiger partial charge in [0.25, 0.3) is 5.91 Å². The van der Waals surface area contributed by atoms with Gasteiger partial charge in [-0.3, -0.25) is 9.59 Å². The van der Waals surface area contributed by atoms with Crippen molar-refractivity contribution in [3.8, 4) is 5.69 Å². The second-order valence-electron chi connectivity index (χ2n) is 6.67. The number of nitrogens with zero attached hydrogens (tertiary/aromatic N) is 4. The lowest BCUT2D eigenvalue weighted by atomic mass is 9.92. The van der Waals surface area contributed by atoms with Gasteiger partial charge in [0.15, 0.2) is 11.6 Å². The fraction of sp³-hybridized carbons (Fsp3) is 0.316. The third-order valence-electron chi connectivity index (χ3n) is 4.58. The van der Waals surface area contributed by atoms with E-state index in [1.165, 1.54) is 4.68 Å². The van der Waals surface area contributed by atoms with E-state index in [4.69, 9.17) is 11.6 Å². The highest BCUT2D eigenvalue weighted by Gasteiger charge is 2.20. The molecule has 1 N–H and O–H groups in total. The summed E-state index contributed by atoms with van der Waals surface area (Å²) >= 11 is 6.21. The molecule has 0 fully saturated rings. The van der Waals surface area contributed by atoms with E-state index in [9.17, 15) is 9.59 Å². The Balaban J connectivity index is 1.88. The first-order chi connectivity index (χ1) is 12.8. The van der Waals surface area contributed by atoms with Crippen LogP contribution in [0.5, 0.6) is 0 Å². The monoisotopic (exact) mass is 385 g/mol. The minimum Gasteiger partial charge on any atom is -0.348 e. The number of carbonyl (C=O) groups is 2. The summed E-state index contributed by atoms with van der Waals surface area (Å²) in [5.41, 5.74) is 4.30. The van der Waals surface area contributed by atoms with Crippen LogP contribution in [0.4, 0.5) is 0 Å². The molecular formula is C19H20ClN5O2. The Kier molecular flexibility index (Phi) is 5.23. The van der Waals surface area contributed by atoms with Crippen LogP contribution in [0.25, 0.3) is 5.69 Å². The molecule has 2 aromatic rings. The number of ketones is 1. The van der Waals surface area contributed by atoms with E-state index in [0.29, 0.717) is 39.7 Å². The molecule has 1 aromatic carbocycles. The van der Waals surface area contributed by atoms with Crippen molar-refractivity contribution in [2.24, 2.45) is 0 Å². The van der Waals surface area contributed by atoms with Crippen LogP contribution >= 0.6 is 11.6 Å². The topological polar surface area (TPSA) is 89.8 Å². The molecule has 0 atom stereocenters. The zero-order valence-corrected chi connectivity index (χ0v) is 16.4. The smallest absolute Gasteiger partial charge is 0.251 e. The van der Waals surface area contributed by atoms with Gasteiger partial charge in [0, 0.05) is 29.1 Å². The van der Waals surface area contributed by atoms with Gasteiger partial charge in [-0.1, -0.05) is 23.3 Å². The molecule has 0 saturated heterocycles. The number of benzene rings is 1. The largest absolute Gasteiger partial charge is 0.348 e. The van der Waals surface area contributed by atoms with Crippen molar-refractivity contribution >= 4 is 23.3 Å². The third-order valence-corrected chi connectivity index (χ3v) is 4.80. The predicted octanol–water partition coefficient (Wildman–Crippen LogP) is 2.90. The summed E-state index contributed by atoms with van der Waals surface area (Å²) in [5, 5.41) is 14.7. The molecule has 0 spiro atoms. The Morgan fingerprint density at radius 2 is 2.00 bits per heavy atom. The molecule has 0 saturated carbocycles. The van der Waals surface area contributed by atoms with Crippen molar-refractivity contribution in [3.05, 3.63) is 56.9 Å². The first-order valence-corrected chi connectivity index (χ1v) is 8.89. The molecule has 0 aliphatic heterocycles. The molecule has 7 nitrogen and oxygen atoms in total. The molecule has 1 heterocycles. The Morgan fingerprint density at radius 1 is 1.26 bits per heavy atom. The van der Waals surface area contributed by atoms with Gasteiger partial charge >= 0.3 is 0 Å². The highest BCUT2D eigenvalue weighted by atomic mass is 35.5. The van der Waals surface area contributed by atoms with Gasteiger partial charge in [-0.25, -0.2) is 0 Å². The van der Waals surface area contributed by atoms with E-state index in [-0.39, 0.29) is 18.2 Å². The molecule has 1 amide bonds. The number of allylic oxidation sites excluding steroid dienone is 3. The highest BCUT2D eigenvalue weighted by Crippen LogP contribution is 2.24. The van der Waals surface area contributed by atoms with E-state index in [2.05, 4.69) is 20.8 Å². The number of tetrazole rings is 1. The minimum absolute atomic E-state index is 0.0422. The molecule has 3 rings (SSSR count). The number of halogens is 1. The molecule has 8 heteroatoms. The molecule has 1 aliphatic rings. The zero-order valence-electron chi connectivity index (χ0n) is 15.6. The van der Waals surface area contributed by atoms with Crippen LogP contribution in [0.2, 0.25) is 5.02 Å². The first kappa shape index (κ1) is 19.0. The second-order valence-corrected chi connectivity index (χ2v) is 7.11. The standard InChI is InChI=1S/C19H20ClN5O2/c1-10-5-11(2)16(18(26)6-10)9-21-19(27)15-7-14(20)8-17(12(15)3)25-13(4)22-23-24-25/h5,7-8H,6,9H2,1-4H3,(H,21,27). The van der Waals surface area contributed by atoms with Crippen LogP contribution < -0.4 is 5.32 Å². The molecule has 27 heavy (non-hydrogen) atoms. The normalized spacial score (nSPS) is 14.4. The molecular weight excluding hydrogens is 366 g/mol. The van der Waals surface area contributed by atoms with Crippen LogP contribution in [0, 0.1) is 13.8 Å². The van der Waals surface area contributed by atoms with Gasteiger partial charge < -0.3 is 5.32 Å². The van der Waals surface area contributed by atoms with Crippen molar-refractivity contribution in [2.45, 2.75) is 34.1 Å². The summed E-state index contributed by atoms with van der Waals surface area (Å²) in [4.78, 5) is 25.0. The van der Waals surface area contributed by atoms with Crippen molar-refractivity contribution in [1.29, 1.82) is 0 Å². The number of aryl methyl sites for hydroxylation is 1. The number of carbonyl (C=O) groups excluding carboxylic acids is 2. The number of hydrogen-bond donors (Lipinski definition) is 1. The lowest BCUT2D eigenvalue weighted by Gasteiger charge is -2.17. The summed E-state index contributed by atoms with van der Waals surface area (Å²) in [6.07, 6.45) is 2.37. The quantitative estimate of drug-likeness (QED) is 0.873. The Hall–Kier alpha value is -2.80. The van der Waals surface area contributed by atoms with Crippen molar-refractivity contribution < 1.29 is 9.59 Å². The van der Waals surface area contributed by atoms with Gasteiger partial charge in [-0.2, -0.15) is 4.68 Å². The van der Waals surface area contributed by atoms with E-state index in [1.54, 1.807) is 19.1 Å². The fourth-order valence-corrected chi connectivity index (χ4v) is 3.38. The average Bonchev–Trinajstić information content (AvgIpc) is 3.01. The van der Waals surface area contributed by atoms with E-state index < -0.39 is 0 Å². The van der Waals surface area contributed by atoms with Gasteiger partial charge in [0.1, 0.15) is 0 Å². The number of aromatic nitrogens is 4. The van der Waals surface area contributed by atoms with E-state index in [1.807, 2.05) is 26.8 Å². The summed E-state index contributed by atoms with van der Waals surface area (Å²) in [6, 6.07) is 3.31. The van der Waals surface area contributed by atoms with Gasteiger partial charge in [-0.05, 0) is 61.4 Å².